The Hall–Kier alpha value is -2.73. The molecule has 0 saturated heterocycles. The number of hydrogen-bond donors (Lipinski definition) is 3. The first-order valence-corrected chi connectivity index (χ1v) is 10.7. The first kappa shape index (κ1) is 22.9. The Morgan fingerprint density at radius 3 is 2.48 bits per heavy atom. The van der Waals surface area contributed by atoms with Gasteiger partial charge in [-0.3, -0.25) is 4.90 Å². The van der Waals surface area contributed by atoms with Crippen LogP contribution in [0.5, 0.6) is 11.5 Å². The number of ether oxygens (including phenoxy) is 1. The zero-order chi connectivity index (χ0) is 23.0. The first-order chi connectivity index (χ1) is 14.4. The molecule has 6 nitrogen and oxygen atoms in total. The second kappa shape index (κ2) is 8.42. The predicted octanol–water partition coefficient (Wildman–Crippen LogP) is 5.53. The van der Waals surface area contributed by atoms with E-state index in [0.29, 0.717) is 13.0 Å². The van der Waals surface area contributed by atoms with Gasteiger partial charge in [-0.1, -0.05) is 19.9 Å². The van der Waals surface area contributed by atoms with Crippen molar-refractivity contribution >= 4 is 11.8 Å². The minimum absolute atomic E-state index is 0.114. The van der Waals surface area contributed by atoms with E-state index >= 15 is 0 Å². The number of aliphatic hydroxyl groups is 1. The Kier molecular flexibility index (Phi) is 6.23. The van der Waals surface area contributed by atoms with Gasteiger partial charge in [-0.25, -0.2) is 4.79 Å². The fraction of sp³-hybridized carbons (Fsp3) is 0.480. The first-order valence-electron chi connectivity index (χ1n) is 10.7. The molecule has 31 heavy (non-hydrogen) atoms. The molecule has 3 rings (SSSR count). The van der Waals surface area contributed by atoms with Crippen LogP contribution in [0.1, 0.15) is 69.8 Å². The van der Waals surface area contributed by atoms with Crippen LogP contribution in [0.3, 0.4) is 0 Å². The summed E-state index contributed by atoms with van der Waals surface area (Å²) in [6.45, 7) is 10.2. The van der Waals surface area contributed by atoms with Gasteiger partial charge in [0.1, 0.15) is 17.1 Å². The van der Waals surface area contributed by atoms with E-state index in [-0.39, 0.29) is 16.9 Å². The summed E-state index contributed by atoms with van der Waals surface area (Å²) < 4.78 is 5.63. The summed E-state index contributed by atoms with van der Waals surface area (Å²) in [5.41, 5.74) is 2.16. The maximum absolute atomic E-state index is 12.7. The lowest BCUT2D eigenvalue weighted by Gasteiger charge is -2.39. The summed E-state index contributed by atoms with van der Waals surface area (Å²) in [5, 5.41) is 30.1. The fourth-order valence-electron chi connectivity index (χ4n) is 4.00. The average molecular weight is 428 g/mol. The molecule has 0 fully saturated rings. The van der Waals surface area contributed by atoms with Crippen LogP contribution in [-0.4, -0.2) is 28.0 Å². The number of aliphatic hydroxyl groups excluding tert-OH is 1. The molecule has 1 unspecified atom stereocenters. The second-order valence-electron chi connectivity index (χ2n) is 9.75. The van der Waals surface area contributed by atoms with Gasteiger partial charge in [0.25, 0.3) is 0 Å². The summed E-state index contributed by atoms with van der Waals surface area (Å²) in [6.07, 6.45) is 1.08. The average Bonchev–Trinajstić information content (AvgIpc) is 2.68. The highest BCUT2D eigenvalue weighted by Gasteiger charge is 2.39. The van der Waals surface area contributed by atoms with Gasteiger partial charge in [0.05, 0.1) is 11.8 Å². The van der Waals surface area contributed by atoms with E-state index in [2.05, 4.69) is 13.8 Å². The Morgan fingerprint density at radius 1 is 1.10 bits per heavy atom. The molecule has 0 aliphatic carbocycles. The van der Waals surface area contributed by atoms with Crippen LogP contribution in [0.25, 0.3) is 0 Å². The van der Waals surface area contributed by atoms with Gasteiger partial charge in [0.2, 0.25) is 0 Å². The number of rotatable bonds is 7. The number of amides is 1. The lowest BCUT2D eigenvalue weighted by Crippen LogP contribution is -2.44. The van der Waals surface area contributed by atoms with Gasteiger partial charge in [0, 0.05) is 12.1 Å². The predicted molar refractivity (Wildman–Crippen MR) is 120 cm³/mol. The summed E-state index contributed by atoms with van der Waals surface area (Å²) in [4.78, 5) is 14.3. The number of phenolic OH excluding ortho intramolecular Hbond substituents is 2. The maximum atomic E-state index is 12.7. The van der Waals surface area contributed by atoms with Crippen molar-refractivity contribution in [3.05, 3.63) is 53.1 Å². The van der Waals surface area contributed by atoms with Gasteiger partial charge >= 0.3 is 6.09 Å². The third-order valence-electron chi connectivity index (χ3n) is 6.19. The van der Waals surface area contributed by atoms with Crippen LogP contribution < -0.4 is 4.90 Å². The maximum Gasteiger partial charge on any atom is 0.415 e. The number of benzene rings is 2. The summed E-state index contributed by atoms with van der Waals surface area (Å²) in [6, 6.07) is 10.2. The molecule has 168 valence electrons. The third kappa shape index (κ3) is 5.13. The van der Waals surface area contributed by atoms with Crippen LogP contribution >= 0.6 is 0 Å². The van der Waals surface area contributed by atoms with Crippen molar-refractivity contribution in [2.75, 3.05) is 11.4 Å². The molecule has 2 aromatic carbocycles. The van der Waals surface area contributed by atoms with Gasteiger partial charge in [-0.15, -0.1) is 0 Å². The van der Waals surface area contributed by atoms with Crippen molar-refractivity contribution in [3.63, 3.8) is 0 Å². The molecule has 1 heterocycles. The van der Waals surface area contributed by atoms with Crippen molar-refractivity contribution in [1.29, 1.82) is 0 Å². The van der Waals surface area contributed by atoms with Crippen molar-refractivity contribution in [2.45, 2.75) is 65.6 Å². The number of hydrogen-bond acceptors (Lipinski definition) is 5. The summed E-state index contributed by atoms with van der Waals surface area (Å²) >= 11 is 0. The molecule has 0 bridgehead atoms. The summed E-state index contributed by atoms with van der Waals surface area (Å²) in [7, 11) is 0. The van der Waals surface area contributed by atoms with Crippen LogP contribution in [0.2, 0.25) is 0 Å². The molecule has 3 N–H and O–H groups in total. The number of carbonyl (C=O) groups excluding carboxylic acids is 1. The lowest BCUT2D eigenvalue weighted by atomic mass is 9.82. The van der Waals surface area contributed by atoms with Gasteiger partial charge in [-0.05, 0) is 86.9 Å². The molecule has 0 spiro atoms. The highest BCUT2D eigenvalue weighted by molar-refractivity contribution is 5.91. The number of fused-ring (bicyclic) bond motifs is 1. The topological polar surface area (TPSA) is 90.2 Å². The molecule has 1 atom stereocenters. The zero-order valence-electron chi connectivity index (χ0n) is 19.0. The van der Waals surface area contributed by atoms with Crippen molar-refractivity contribution < 1.29 is 24.9 Å². The lowest BCUT2D eigenvalue weighted by molar-refractivity contribution is 0.0343. The van der Waals surface area contributed by atoms with Crippen molar-refractivity contribution in [1.82, 2.24) is 0 Å². The second-order valence-corrected chi connectivity index (χ2v) is 9.75. The molecule has 0 radical (unpaired) electrons. The SMILES string of the molecule is Cc1cc(C(O)CCC(C)(C)CCN2C(=O)OC(C)(C)c3cc(O)ccc32)ccc1O. The Labute approximate surface area is 184 Å². The number of anilines is 1. The number of aromatic hydroxyl groups is 2. The largest absolute Gasteiger partial charge is 0.508 e. The number of carbonyl (C=O) groups is 1. The molecule has 1 amide bonds. The Morgan fingerprint density at radius 2 is 1.81 bits per heavy atom. The number of cyclic esters (lactones) is 1. The summed E-state index contributed by atoms with van der Waals surface area (Å²) in [5.74, 6) is 0.366. The van der Waals surface area contributed by atoms with E-state index in [0.717, 1.165) is 35.2 Å². The van der Waals surface area contributed by atoms with E-state index in [1.165, 1.54) is 0 Å². The minimum Gasteiger partial charge on any atom is -0.508 e. The van der Waals surface area contributed by atoms with E-state index < -0.39 is 17.8 Å². The van der Waals surface area contributed by atoms with E-state index in [9.17, 15) is 20.1 Å². The normalized spacial score (nSPS) is 16.6. The van der Waals surface area contributed by atoms with Gasteiger partial charge in [0.15, 0.2) is 0 Å². The standard InChI is InChI=1S/C25H33NO5/c1-16-14-17(6-9-21(16)28)22(29)10-11-24(2,3)12-13-26-20-8-7-18(27)15-19(20)25(4,5)31-23(26)30/h6-9,14-15,22,27-29H,10-13H2,1-5H3. The fourth-order valence-corrected chi connectivity index (χ4v) is 4.00. The molecular weight excluding hydrogens is 394 g/mol. The molecule has 1 aliphatic heterocycles. The molecule has 6 heteroatoms. The zero-order valence-corrected chi connectivity index (χ0v) is 19.0. The van der Waals surface area contributed by atoms with E-state index in [1.54, 1.807) is 35.2 Å². The number of aryl methyl sites for hydroxylation is 1. The van der Waals surface area contributed by atoms with E-state index in [1.807, 2.05) is 26.8 Å². The monoisotopic (exact) mass is 427 g/mol. The van der Waals surface area contributed by atoms with Gasteiger partial charge in [-0.2, -0.15) is 0 Å². The van der Waals surface area contributed by atoms with Crippen LogP contribution in [0, 0.1) is 12.3 Å². The molecular formula is C25H33NO5. The van der Waals surface area contributed by atoms with Crippen LogP contribution in [0.4, 0.5) is 10.5 Å². The number of phenols is 2. The molecule has 0 aromatic heterocycles. The molecule has 1 aliphatic rings. The van der Waals surface area contributed by atoms with Crippen LogP contribution in [-0.2, 0) is 10.3 Å². The van der Waals surface area contributed by atoms with Crippen molar-refractivity contribution in [3.8, 4) is 11.5 Å². The Bertz CT molecular complexity index is 966. The smallest absolute Gasteiger partial charge is 0.415 e. The van der Waals surface area contributed by atoms with Crippen molar-refractivity contribution in [2.24, 2.45) is 5.41 Å². The highest BCUT2D eigenvalue weighted by atomic mass is 16.6. The quantitative estimate of drug-likeness (QED) is 0.541. The highest BCUT2D eigenvalue weighted by Crippen LogP contribution is 2.41. The van der Waals surface area contributed by atoms with Crippen LogP contribution in [0.15, 0.2) is 36.4 Å². The third-order valence-corrected chi connectivity index (χ3v) is 6.19. The molecule has 2 aromatic rings. The van der Waals surface area contributed by atoms with Gasteiger partial charge < -0.3 is 20.1 Å². The van der Waals surface area contributed by atoms with E-state index in [4.69, 9.17) is 4.74 Å². The molecule has 0 saturated carbocycles. The Balaban J connectivity index is 1.65. The number of nitrogens with zero attached hydrogens (tertiary/aromatic N) is 1. The minimum atomic E-state index is -0.802.